The highest BCUT2D eigenvalue weighted by molar-refractivity contribution is 7.27. The molecule has 156 valence electrons. The quantitative estimate of drug-likeness (QED) is 0.256. The second kappa shape index (κ2) is 8.28. The Balaban J connectivity index is 1.34. The Kier molecular flexibility index (Phi) is 4.98. The summed E-state index contributed by atoms with van der Waals surface area (Å²) in [6.07, 6.45) is 1.96. The lowest BCUT2D eigenvalue weighted by atomic mass is 9.96. The molecule has 0 saturated carbocycles. The average Bonchev–Trinajstić information content (AvgIpc) is 2.88. The van der Waals surface area contributed by atoms with Gasteiger partial charge in [-0.1, -0.05) is 91.0 Å². The molecule has 1 aromatic heterocycles. The third kappa shape index (κ3) is 3.93. The van der Waals surface area contributed by atoms with Crippen LogP contribution in [0.4, 0.5) is 0 Å². The van der Waals surface area contributed by atoms with Crippen molar-refractivity contribution >= 4 is 36.2 Å². The van der Waals surface area contributed by atoms with Gasteiger partial charge in [0.15, 0.2) is 0 Å². The van der Waals surface area contributed by atoms with Crippen molar-refractivity contribution in [2.45, 2.75) is 0 Å². The lowest BCUT2D eigenvalue weighted by molar-refractivity contribution is 1.41. The van der Waals surface area contributed by atoms with Crippen molar-refractivity contribution in [3.63, 3.8) is 0 Å². The molecule has 6 aromatic rings. The Morgan fingerprint density at radius 2 is 0.939 bits per heavy atom. The predicted octanol–water partition coefficient (Wildman–Crippen LogP) is 7.89. The van der Waals surface area contributed by atoms with E-state index in [-0.39, 0.29) is 0 Å². The molecule has 0 bridgehead atoms. The van der Waals surface area contributed by atoms with Gasteiger partial charge in [-0.05, 0) is 68.2 Å². The van der Waals surface area contributed by atoms with Crippen molar-refractivity contribution in [3.05, 3.63) is 121 Å². The van der Waals surface area contributed by atoms with Crippen LogP contribution in [0, 0.1) is 0 Å². The lowest BCUT2D eigenvalue weighted by Crippen LogP contribution is -1.88. The monoisotopic (exact) mass is 439 g/mol. The molecule has 5 aromatic carbocycles. The third-order valence-corrected chi connectivity index (χ3v) is 6.61. The van der Waals surface area contributed by atoms with Gasteiger partial charge in [0.05, 0.1) is 5.52 Å². The smallest absolute Gasteiger partial charge is 0.0702 e. The molecule has 6 rings (SSSR count). The molecule has 0 aliphatic rings. The van der Waals surface area contributed by atoms with Crippen LogP contribution >= 0.6 is 9.24 Å². The van der Waals surface area contributed by atoms with Gasteiger partial charge in [0.1, 0.15) is 0 Å². The van der Waals surface area contributed by atoms with E-state index in [1.807, 2.05) is 18.3 Å². The highest BCUT2D eigenvalue weighted by Crippen LogP contribution is 2.30. The van der Waals surface area contributed by atoms with Crippen LogP contribution in [0.1, 0.15) is 0 Å². The fourth-order valence-electron chi connectivity index (χ4n) is 4.37. The number of aromatic nitrogens is 1. The van der Waals surface area contributed by atoms with Crippen LogP contribution in [0.2, 0.25) is 0 Å². The maximum atomic E-state index is 4.61. The van der Waals surface area contributed by atoms with Crippen LogP contribution in [0.3, 0.4) is 0 Å². The number of hydrogen-bond acceptors (Lipinski definition) is 1. The van der Waals surface area contributed by atoms with Crippen molar-refractivity contribution in [3.8, 4) is 33.4 Å². The van der Waals surface area contributed by atoms with Crippen LogP contribution in [-0.2, 0) is 0 Å². The summed E-state index contributed by atoms with van der Waals surface area (Å²) in [5.41, 5.74) is 8.26. The van der Waals surface area contributed by atoms with Crippen molar-refractivity contribution in [2.24, 2.45) is 0 Å². The molecule has 0 N–H and O–H groups in total. The van der Waals surface area contributed by atoms with E-state index >= 15 is 0 Å². The summed E-state index contributed by atoms with van der Waals surface area (Å²) in [7, 11) is 2.74. The minimum Gasteiger partial charge on any atom is -0.256 e. The molecule has 0 fully saturated rings. The van der Waals surface area contributed by atoms with Crippen LogP contribution < -0.4 is 5.30 Å². The first-order valence-electron chi connectivity index (χ1n) is 11.1. The standard InChI is InChI=1S/C31H22NP/c33-30-15-13-22(14-16-30)26-12-10-23-9-11-25(17-28(23)18-26)21-5-7-24(8-6-21)29-19-27-3-1-2-4-31(27)32-20-29/h1-20H,33H2. The normalized spacial score (nSPS) is 11.2. The fourth-order valence-corrected chi connectivity index (χ4v) is 4.56. The number of pyridine rings is 1. The average molecular weight is 439 g/mol. The minimum absolute atomic E-state index is 1.03. The number of fused-ring (bicyclic) bond motifs is 2. The van der Waals surface area contributed by atoms with E-state index in [4.69, 9.17) is 0 Å². The van der Waals surface area contributed by atoms with Gasteiger partial charge in [0.2, 0.25) is 0 Å². The van der Waals surface area contributed by atoms with Crippen molar-refractivity contribution in [1.29, 1.82) is 0 Å². The SMILES string of the molecule is Pc1ccc(-c2ccc3ccc(-c4ccc(-c5cnc6ccccc6c5)cc4)cc3c2)cc1. The minimum atomic E-state index is 1.03. The van der Waals surface area contributed by atoms with E-state index in [2.05, 4.69) is 117 Å². The number of hydrogen-bond donors (Lipinski definition) is 0. The first kappa shape index (κ1) is 19.9. The third-order valence-electron chi connectivity index (χ3n) is 6.23. The Labute approximate surface area is 196 Å². The number of rotatable bonds is 3. The molecule has 0 aliphatic carbocycles. The lowest BCUT2D eigenvalue weighted by Gasteiger charge is -2.09. The van der Waals surface area contributed by atoms with E-state index < -0.39 is 0 Å². The molecule has 1 heterocycles. The maximum Gasteiger partial charge on any atom is 0.0702 e. The van der Waals surface area contributed by atoms with E-state index in [1.165, 1.54) is 43.9 Å². The second-order valence-electron chi connectivity index (χ2n) is 8.39. The van der Waals surface area contributed by atoms with E-state index in [0.29, 0.717) is 0 Å². The van der Waals surface area contributed by atoms with Crippen molar-refractivity contribution in [1.82, 2.24) is 4.98 Å². The highest BCUT2D eigenvalue weighted by atomic mass is 31.0. The summed E-state index contributed by atoms with van der Waals surface area (Å²) >= 11 is 0. The van der Waals surface area contributed by atoms with Gasteiger partial charge in [-0.25, -0.2) is 0 Å². The first-order chi connectivity index (χ1) is 16.2. The number of para-hydroxylation sites is 1. The summed E-state index contributed by atoms with van der Waals surface area (Å²) in [5, 5.41) is 4.87. The van der Waals surface area contributed by atoms with Gasteiger partial charge in [0, 0.05) is 17.1 Å². The molecule has 1 nitrogen and oxygen atoms in total. The Bertz CT molecular complexity index is 1600. The molecule has 2 heteroatoms. The van der Waals surface area contributed by atoms with Crippen LogP contribution in [0.5, 0.6) is 0 Å². The van der Waals surface area contributed by atoms with E-state index in [0.717, 1.165) is 16.5 Å². The van der Waals surface area contributed by atoms with E-state index in [1.54, 1.807) is 0 Å². The fraction of sp³-hybridized carbons (Fsp3) is 0. The topological polar surface area (TPSA) is 12.9 Å². The highest BCUT2D eigenvalue weighted by Gasteiger charge is 2.05. The molecule has 0 amide bonds. The molecular weight excluding hydrogens is 417 g/mol. The maximum absolute atomic E-state index is 4.61. The van der Waals surface area contributed by atoms with Crippen molar-refractivity contribution < 1.29 is 0 Å². The Hall–Kier alpha value is -3.80. The molecule has 33 heavy (non-hydrogen) atoms. The zero-order valence-corrected chi connectivity index (χ0v) is 19.2. The Morgan fingerprint density at radius 1 is 0.424 bits per heavy atom. The van der Waals surface area contributed by atoms with Gasteiger partial charge >= 0.3 is 0 Å². The number of nitrogens with zero attached hydrogens (tertiary/aromatic N) is 1. The Morgan fingerprint density at radius 3 is 1.61 bits per heavy atom. The largest absolute Gasteiger partial charge is 0.256 e. The zero-order chi connectivity index (χ0) is 22.2. The molecule has 0 radical (unpaired) electrons. The molecule has 0 saturated heterocycles. The van der Waals surface area contributed by atoms with Crippen LogP contribution in [0.15, 0.2) is 121 Å². The van der Waals surface area contributed by atoms with Gasteiger partial charge in [-0.3, -0.25) is 4.98 Å². The summed E-state index contributed by atoms with van der Waals surface area (Å²) in [4.78, 5) is 4.61. The summed E-state index contributed by atoms with van der Waals surface area (Å²) in [6.45, 7) is 0. The molecule has 1 unspecified atom stereocenters. The molecular formula is C31H22NP. The molecule has 0 spiro atoms. The van der Waals surface area contributed by atoms with Gasteiger partial charge in [0.25, 0.3) is 0 Å². The van der Waals surface area contributed by atoms with Crippen LogP contribution in [-0.4, -0.2) is 4.98 Å². The van der Waals surface area contributed by atoms with E-state index in [9.17, 15) is 0 Å². The van der Waals surface area contributed by atoms with Gasteiger partial charge in [-0.2, -0.15) is 0 Å². The van der Waals surface area contributed by atoms with Gasteiger partial charge < -0.3 is 0 Å². The molecule has 1 atom stereocenters. The number of benzene rings is 5. The first-order valence-corrected chi connectivity index (χ1v) is 11.7. The van der Waals surface area contributed by atoms with Crippen LogP contribution in [0.25, 0.3) is 55.1 Å². The molecule has 0 aliphatic heterocycles. The zero-order valence-electron chi connectivity index (χ0n) is 18.1. The summed E-state index contributed by atoms with van der Waals surface area (Å²) in [6, 6.07) is 41.2. The summed E-state index contributed by atoms with van der Waals surface area (Å²) < 4.78 is 0. The van der Waals surface area contributed by atoms with Crippen molar-refractivity contribution in [2.75, 3.05) is 0 Å². The second-order valence-corrected chi connectivity index (χ2v) is 9.06. The summed E-state index contributed by atoms with van der Waals surface area (Å²) in [5.74, 6) is 0. The predicted molar refractivity (Wildman–Crippen MR) is 145 cm³/mol. The van der Waals surface area contributed by atoms with Gasteiger partial charge in [-0.15, -0.1) is 9.24 Å².